The van der Waals surface area contributed by atoms with Crippen LogP contribution in [0, 0.1) is 11.6 Å². The number of amides is 1. The van der Waals surface area contributed by atoms with Gasteiger partial charge in [-0.3, -0.25) is 9.89 Å². The summed E-state index contributed by atoms with van der Waals surface area (Å²) in [5.74, 6) is -1.28. The van der Waals surface area contributed by atoms with Crippen molar-refractivity contribution in [2.24, 2.45) is 0 Å². The van der Waals surface area contributed by atoms with E-state index in [1.165, 1.54) is 12.4 Å². The van der Waals surface area contributed by atoms with Gasteiger partial charge in [0.15, 0.2) is 0 Å². The summed E-state index contributed by atoms with van der Waals surface area (Å²) in [5, 5.41) is 8.93. The minimum Gasteiger partial charge on any atom is -0.346 e. The van der Waals surface area contributed by atoms with E-state index >= 15 is 0 Å². The third-order valence-corrected chi connectivity index (χ3v) is 2.59. The molecule has 0 bridgehead atoms. The molecule has 0 radical (unpaired) electrons. The molecule has 5 nitrogen and oxygen atoms in total. The fourth-order valence-corrected chi connectivity index (χ4v) is 1.62. The van der Waals surface area contributed by atoms with Crippen molar-refractivity contribution >= 4 is 5.91 Å². The minimum atomic E-state index is -0.734. The second-order valence-electron chi connectivity index (χ2n) is 4.07. The van der Waals surface area contributed by atoms with Crippen molar-refractivity contribution in [1.29, 1.82) is 0 Å². The van der Waals surface area contributed by atoms with Gasteiger partial charge in [0.05, 0.1) is 12.5 Å². The van der Waals surface area contributed by atoms with Crippen LogP contribution in [0.1, 0.15) is 24.4 Å². The van der Waals surface area contributed by atoms with Gasteiger partial charge in [0.25, 0.3) is 0 Å². The van der Waals surface area contributed by atoms with Crippen LogP contribution in [0.5, 0.6) is 0 Å². The Morgan fingerprint density at radius 2 is 2.26 bits per heavy atom. The van der Waals surface area contributed by atoms with Gasteiger partial charge < -0.3 is 5.32 Å². The smallest absolute Gasteiger partial charge is 0.225 e. The molecule has 19 heavy (non-hydrogen) atoms. The number of carbonyl (C=O) groups excluding carboxylic acids is 1. The first-order valence-corrected chi connectivity index (χ1v) is 5.65. The summed E-state index contributed by atoms with van der Waals surface area (Å²) in [4.78, 5) is 15.6. The standard InChI is InChI=1S/C12H12F2N4O/c1-7(12-15-6-16-18-12)17-11(19)4-8-2-3-9(13)5-10(8)14/h2-3,5-7H,4H2,1H3,(H,17,19)(H,15,16,18). The SMILES string of the molecule is CC(NC(=O)Cc1ccc(F)cc1F)c1ncn[nH]1. The van der Waals surface area contributed by atoms with Crippen LogP contribution in [0.3, 0.4) is 0 Å². The highest BCUT2D eigenvalue weighted by atomic mass is 19.1. The number of H-pyrrole nitrogens is 1. The van der Waals surface area contributed by atoms with Gasteiger partial charge in [-0.25, -0.2) is 13.8 Å². The predicted octanol–water partition coefficient (Wildman–Crippen LogP) is 1.50. The lowest BCUT2D eigenvalue weighted by Crippen LogP contribution is -2.29. The summed E-state index contributed by atoms with van der Waals surface area (Å²) in [6.07, 6.45) is 1.17. The molecule has 2 aromatic rings. The Labute approximate surface area is 108 Å². The van der Waals surface area contributed by atoms with Crippen LogP contribution < -0.4 is 5.32 Å². The van der Waals surface area contributed by atoms with E-state index in [0.717, 1.165) is 12.1 Å². The summed E-state index contributed by atoms with van der Waals surface area (Å²) >= 11 is 0. The number of benzene rings is 1. The third-order valence-electron chi connectivity index (χ3n) is 2.59. The number of aromatic nitrogens is 3. The van der Waals surface area contributed by atoms with Crippen LogP contribution in [-0.4, -0.2) is 21.1 Å². The Hall–Kier alpha value is -2.31. The molecule has 7 heteroatoms. The van der Waals surface area contributed by atoms with Crippen LogP contribution in [0.2, 0.25) is 0 Å². The molecule has 0 aliphatic carbocycles. The topological polar surface area (TPSA) is 70.7 Å². The van der Waals surface area contributed by atoms with Gasteiger partial charge in [0.1, 0.15) is 23.8 Å². The van der Waals surface area contributed by atoms with Crippen molar-refractivity contribution in [3.8, 4) is 0 Å². The Bertz CT molecular complexity index is 571. The molecule has 2 N–H and O–H groups in total. The molecule has 0 aliphatic rings. The number of hydrogen-bond donors (Lipinski definition) is 2. The number of nitrogens with zero attached hydrogens (tertiary/aromatic N) is 2. The third kappa shape index (κ3) is 3.34. The van der Waals surface area contributed by atoms with E-state index in [4.69, 9.17) is 0 Å². The van der Waals surface area contributed by atoms with E-state index in [2.05, 4.69) is 20.5 Å². The quantitative estimate of drug-likeness (QED) is 0.881. The van der Waals surface area contributed by atoms with E-state index in [-0.39, 0.29) is 23.9 Å². The second kappa shape index (κ2) is 5.55. The first-order chi connectivity index (χ1) is 9.06. The molecule has 2 rings (SSSR count). The molecule has 0 spiro atoms. The fraction of sp³-hybridized carbons (Fsp3) is 0.250. The minimum absolute atomic E-state index is 0.142. The first kappa shape index (κ1) is 13.1. The van der Waals surface area contributed by atoms with Crippen molar-refractivity contribution in [2.75, 3.05) is 0 Å². The maximum Gasteiger partial charge on any atom is 0.225 e. The van der Waals surface area contributed by atoms with E-state index < -0.39 is 11.6 Å². The first-order valence-electron chi connectivity index (χ1n) is 5.65. The predicted molar refractivity (Wildman–Crippen MR) is 63.0 cm³/mol. The molecule has 1 aromatic carbocycles. The van der Waals surface area contributed by atoms with Gasteiger partial charge in [-0.1, -0.05) is 6.07 Å². The van der Waals surface area contributed by atoms with Crippen LogP contribution in [-0.2, 0) is 11.2 Å². The lowest BCUT2D eigenvalue weighted by Gasteiger charge is -2.11. The van der Waals surface area contributed by atoms with Crippen molar-refractivity contribution in [2.45, 2.75) is 19.4 Å². The highest BCUT2D eigenvalue weighted by Crippen LogP contribution is 2.11. The molecule has 100 valence electrons. The number of nitrogens with one attached hydrogen (secondary N) is 2. The zero-order chi connectivity index (χ0) is 13.8. The number of halogens is 2. The van der Waals surface area contributed by atoms with E-state index in [1.54, 1.807) is 6.92 Å². The lowest BCUT2D eigenvalue weighted by molar-refractivity contribution is -0.121. The summed E-state index contributed by atoms with van der Waals surface area (Å²) in [5.41, 5.74) is 0.142. The number of rotatable bonds is 4. The van der Waals surface area contributed by atoms with Gasteiger partial charge >= 0.3 is 0 Å². The Balaban J connectivity index is 1.98. The summed E-state index contributed by atoms with van der Waals surface area (Å²) in [6, 6.07) is 2.76. The number of carbonyl (C=O) groups is 1. The van der Waals surface area contributed by atoms with Crippen LogP contribution >= 0.6 is 0 Å². The zero-order valence-electron chi connectivity index (χ0n) is 10.2. The van der Waals surface area contributed by atoms with Crippen molar-refractivity contribution in [1.82, 2.24) is 20.5 Å². The van der Waals surface area contributed by atoms with E-state index in [0.29, 0.717) is 5.82 Å². The maximum atomic E-state index is 13.4. The normalized spacial score (nSPS) is 12.2. The molecule has 1 atom stereocenters. The molecule has 0 aliphatic heterocycles. The maximum absolute atomic E-state index is 13.4. The van der Waals surface area contributed by atoms with E-state index in [9.17, 15) is 13.6 Å². The van der Waals surface area contributed by atoms with Gasteiger partial charge in [0, 0.05) is 6.07 Å². The Morgan fingerprint density at radius 3 is 2.89 bits per heavy atom. The monoisotopic (exact) mass is 266 g/mol. The molecular weight excluding hydrogens is 254 g/mol. The molecule has 0 saturated heterocycles. The zero-order valence-corrected chi connectivity index (χ0v) is 10.2. The number of aromatic amines is 1. The van der Waals surface area contributed by atoms with Crippen LogP contribution in [0.25, 0.3) is 0 Å². The molecule has 1 heterocycles. The highest BCUT2D eigenvalue weighted by molar-refractivity contribution is 5.78. The average Bonchev–Trinajstić information content (AvgIpc) is 2.86. The average molecular weight is 266 g/mol. The van der Waals surface area contributed by atoms with Gasteiger partial charge in [-0.2, -0.15) is 5.10 Å². The summed E-state index contributed by atoms with van der Waals surface area (Å²) in [6.45, 7) is 1.72. The second-order valence-corrected chi connectivity index (χ2v) is 4.07. The molecular formula is C12H12F2N4O. The lowest BCUT2D eigenvalue weighted by atomic mass is 10.1. The highest BCUT2D eigenvalue weighted by Gasteiger charge is 2.14. The van der Waals surface area contributed by atoms with E-state index in [1.807, 2.05) is 0 Å². The van der Waals surface area contributed by atoms with Gasteiger partial charge in [-0.15, -0.1) is 0 Å². The summed E-state index contributed by atoms with van der Waals surface area (Å²) in [7, 11) is 0. The molecule has 0 fully saturated rings. The molecule has 0 saturated carbocycles. The Kier molecular flexibility index (Phi) is 3.84. The van der Waals surface area contributed by atoms with Crippen molar-refractivity contribution in [3.05, 3.63) is 47.5 Å². The van der Waals surface area contributed by atoms with Crippen molar-refractivity contribution in [3.63, 3.8) is 0 Å². The number of hydrogen-bond acceptors (Lipinski definition) is 3. The van der Waals surface area contributed by atoms with Gasteiger partial charge in [0.2, 0.25) is 5.91 Å². The van der Waals surface area contributed by atoms with Crippen LogP contribution in [0.15, 0.2) is 24.5 Å². The van der Waals surface area contributed by atoms with Gasteiger partial charge in [-0.05, 0) is 18.6 Å². The molecule has 1 aromatic heterocycles. The Morgan fingerprint density at radius 1 is 1.47 bits per heavy atom. The van der Waals surface area contributed by atoms with Crippen LogP contribution in [0.4, 0.5) is 8.78 Å². The molecule has 1 unspecified atom stereocenters. The largest absolute Gasteiger partial charge is 0.346 e. The fourth-order valence-electron chi connectivity index (χ4n) is 1.62. The summed E-state index contributed by atoms with van der Waals surface area (Å²) < 4.78 is 26.1. The van der Waals surface area contributed by atoms with Crippen molar-refractivity contribution < 1.29 is 13.6 Å². The molecule has 1 amide bonds.